The van der Waals surface area contributed by atoms with Gasteiger partial charge in [0.05, 0.1) is 0 Å². The van der Waals surface area contributed by atoms with E-state index in [9.17, 15) is 4.79 Å². The van der Waals surface area contributed by atoms with E-state index < -0.39 is 0 Å². The first kappa shape index (κ1) is 13.4. The molecule has 0 heterocycles. The Morgan fingerprint density at radius 3 is 2.58 bits per heavy atom. The first-order valence-electron chi connectivity index (χ1n) is 5.95. The number of anilines is 1. The molecule has 2 nitrogen and oxygen atoms in total. The predicted molar refractivity (Wildman–Crippen MR) is 79.7 cm³/mol. The zero-order valence-corrected chi connectivity index (χ0v) is 11.3. The first-order chi connectivity index (χ1) is 9.15. The molecule has 0 aliphatic heterocycles. The van der Waals surface area contributed by atoms with Crippen molar-refractivity contribution in [2.24, 2.45) is 0 Å². The molecule has 0 fully saturated rings. The molecule has 0 atom stereocenters. The summed E-state index contributed by atoms with van der Waals surface area (Å²) in [7, 11) is 0. The van der Waals surface area contributed by atoms with Crippen molar-refractivity contribution in [2.75, 3.05) is 5.32 Å². The Hall–Kier alpha value is -2.06. The molecule has 0 aliphatic rings. The summed E-state index contributed by atoms with van der Waals surface area (Å²) in [5.41, 5.74) is 2.66. The third-order valence-corrected chi connectivity index (χ3v) is 2.88. The molecule has 96 valence electrons. The van der Waals surface area contributed by atoms with Crippen LogP contribution in [0.15, 0.2) is 60.8 Å². The molecule has 0 aliphatic carbocycles. The van der Waals surface area contributed by atoms with Gasteiger partial charge in [-0.25, -0.2) is 0 Å². The molecule has 0 aromatic heterocycles. The van der Waals surface area contributed by atoms with Crippen LogP contribution in [0.25, 0.3) is 0 Å². The molecule has 0 bridgehead atoms. The lowest BCUT2D eigenvalue weighted by molar-refractivity contribution is 0.104. The number of ketones is 1. The number of hydrogen-bond acceptors (Lipinski definition) is 2. The van der Waals surface area contributed by atoms with E-state index in [0.29, 0.717) is 10.6 Å². The maximum Gasteiger partial charge on any atom is 0.187 e. The lowest BCUT2D eigenvalue weighted by atomic mass is 10.1. The summed E-state index contributed by atoms with van der Waals surface area (Å²) in [6.45, 7) is 1.99. The van der Waals surface area contributed by atoms with Crippen LogP contribution in [0.4, 0.5) is 5.69 Å². The van der Waals surface area contributed by atoms with Crippen molar-refractivity contribution in [3.05, 3.63) is 77.0 Å². The molecule has 3 heteroatoms. The quantitative estimate of drug-likeness (QED) is 0.657. The van der Waals surface area contributed by atoms with Gasteiger partial charge in [0.25, 0.3) is 0 Å². The van der Waals surface area contributed by atoms with Gasteiger partial charge >= 0.3 is 0 Å². The molecule has 2 aromatic carbocycles. The van der Waals surface area contributed by atoms with E-state index in [1.54, 1.807) is 18.3 Å². The van der Waals surface area contributed by atoms with Crippen molar-refractivity contribution in [1.82, 2.24) is 0 Å². The first-order valence-corrected chi connectivity index (χ1v) is 6.32. The summed E-state index contributed by atoms with van der Waals surface area (Å²) in [5.74, 6) is -0.0328. The molecule has 2 aromatic rings. The fraction of sp³-hybridized carbons (Fsp3) is 0.0625. The SMILES string of the molecule is Cc1ccc(C(=O)C=CNc2cccc(Cl)c2)cc1. The number of halogens is 1. The molecule has 0 amide bonds. The van der Waals surface area contributed by atoms with Gasteiger partial charge in [-0.05, 0) is 25.1 Å². The second-order valence-electron chi connectivity index (χ2n) is 4.22. The van der Waals surface area contributed by atoms with Gasteiger partial charge in [0.1, 0.15) is 0 Å². The average Bonchev–Trinajstić information content (AvgIpc) is 2.39. The van der Waals surface area contributed by atoms with Crippen LogP contribution in [0.1, 0.15) is 15.9 Å². The average molecular weight is 272 g/mol. The number of hydrogen-bond donors (Lipinski definition) is 1. The van der Waals surface area contributed by atoms with E-state index in [0.717, 1.165) is 11.3 Å². The summed E-state index contributed by atoms with van der Waals surface area (Å²) < 4.78 is 0. The Morgan fingerprint density at radius 2 is 1.89 bits per heavy atom. The fourth-order valence-electron chi connectivity index (χ4n) is 1.61. The highest BCUT2D eigenvalue weighted by Gasteiger charge is 2.00. The minimum absolute atomic E-state index is 0.0328. The highest BCUT2D eigenvalue weighted by molar-refractivity contribution is 6.30. The molecular formula is C16H14ClNO. The summed E-state index contributed by atoms with van der Waals surface area (Å²) in [5, 5.41) is 3.67. The lowest BCUT2D eigenvalue weighted by Crippen LogP contribution is -1.96. The van der Waals surface area contributed by atoms with Crippen LogP contribution in [-0.4, -0.2) is 5.78 Å². The van der Waals surface area contributed by atoms with Crippen LogP contribution < -0.4 is 5.32 Å². The highest BCUT2D eigenvalue weighted by atomic mass is 35.5. The van der Waals surface area contributed by atoms with Gasteiger partial charge in [-0.15, -0.1) is 0 Å². The van der Waals surface area contributed by atoms with Crippen LogP contribution in [0.2, 0.25) is 5.02 Å². The fourth-order valence-corrected chi connectivity index (χ4v) is 1.80. The number of carbonyl (C=O) groups excluding carboxylic acids is 1. The molecule has 0 saturated carbocycles. The molecule has 19 heavy (non-hydrogen) atoms. The Labute approximate surface area is 117 Å². The molecule has 0 spiro atoms. The summed E-state index contributed by atoms with van der Waals surface area (Å²) in [6.07, 6.45) is 3.12. The van der Waals surface area contributed by atoms with Crippen molar-refractivity contribution in [1.29, 1.82) is 0 Å². The normalized spacial score (nSPS) is 10.6. The standard InChI is InChI=1S/C16H14ClNO/c1-12-5-7-13(8-6-12)16(19)9-10-18-15-4-2-3-14(17)11-15/h2-11,18H,1H3. The van der Waals surface area contributed by atoms with Crippen LogP contribution >= 0.6 is 11.6 Å². The number of rotatable bonds is 4. The van der Waals surface area contributed by atoms with E-state index in [1.807, 2.05) is 43.3 Å². The monoisotopic (exact) mass is 271 g/mol. The molecular weight excluding hydrogens is 258 g/mol. The predicted octanol–water partition coefficient (Wildman–Crippen LogP) is 4.46. The second kappa shape index (κ2) is 6.21. The summed E-state index contributed by atoms with van der Waals surface area (Å²) in [4.78, 5) is 11.9. The smallest absolute Gasteiger partial charge is 0.187 e. The third kappa shape index (κ3) is 3.97. The molecule has 0 unspecified atom stereocenters. The van der Waals surface area contributed by atoms with Crippen molar-refractivity contribution in [2.45, 2.75) is 6.92 Å². The number of allylic oxidation sites excluding steroid dienone is 1. The van der Waals surface area contributed by atoms with Gasteiger partial charge in [0.2, 0.25) is 0 Å². The number of nitrogens with one attached hydrogen (secondary N) is 1. The Bertz CT molecular complexity index is 602. The highest BCUT2D eigenvalue weighted by Crippen LogP contribution is 2.14. The van der Waals surface area contributed by atoms with Gasteiger partial charge in [0, 0.05) is 28.5 Å². The maximum absolute atomic E-state index is 11.9. The van der Waals surface area contributed by atoms with E-state index in [-0.39, 0.29) is 5.78 Å². The minimum Gasteiger partial charge on any atom is -0.362 e. The molecule has 0 radical (unpaired) electrons. The van der Waals surface area contributed by atoms with Gasteiger partial charge in [-0.2, -0.15) is 0 Å². The number of aryl methyl sites for hydroxylation is 1. The molecule has 1 N–H and O–H groups in total. The van der Waals surface area contributed by atoms with Gasteiger partial charge in [-0.1, -0.05) is 47.5 Å². The van der Waals surface area contributed by atoms with Gasteiger partial charge < -0.3 is 5.32 Å². The van der Waals surface area contributed by atoms with Gasteiger partial charge in [0.15, 0.2) is 5.78 Å². The largest absolute Gasteiger partial charge is 0.362 e. The van der Waals surface area contributed by atoms with Crippen LogP contribution in [-0.2, 0) is 0 Å². The van der Waals surface area contributed by atoms with Crippen LogP contribution in [0, 0.1) is 6.92 Å². The Balaban J connectivity index is 1.99. The molecule has 0 saturated heterocycles. The second-order valence-corrected chi connectivity index (χ2v) is 4.65. The summed E-state index contributed by atoms with van der Waals surface area (Å²) in [6, 6.07) is 14.8. The molecule has 2 rings (SSSR count). The van der Waals surface area contributed by atoms with E-state index >= 15 is 0 Å². The van der Waals surface area contributed by atoms with E-state index in [1.165, 1.54) is 6.08 Å². The third-order valence-electron chi connectivity index (χ3n) is 2.65. The number of benzene rings is 2. The van der Waals surface area contributed by atoms with Gasteiger partial charge in [-0.3, -0.25) is 4.79 Å². The number of carbonyl (C=O) groups is 1. The van der Waals surface area contributed by atoms with Crippen molar-refractivity contribution in [3.63, 3.8) is 0 Å². The Morgan fingerprint density at radius 1 is 1.16 bits per heavy atom. The van der Waals surface area contributed by atoms with Crippen molar-refractivity contribution < 1.29 is 4.79 Å². The van der Waals surface area contributed by atoms with E-state index in [4.69, 9.17) is 11.6 Å². The lowest BCUT2D eigenvalue weighted by Gasteiger charge is -2.00. The van der Waals surface area contributed by atoms with Crippen molar-refractivity contribution >= 4 is 23.1 Å². The zero-order valence-electron chi connectivity index (χ0n) is 10.6. The topological polar surface area (TPSA) is 29.1 Å². The zero-order chi connectivity index (χ0) is 13.7. The Kier molecular flexibility index (Phi) is 4.37. The maximum atomic E-state index is 11.9. The minimum atomic E-state index is -0.0328. The summed E-state index contributed by atoms with van der Waals surface area (Å²) >= 11 is 5.87. The van der Waals surface area contributed by atoms with Crippen LogP contribution in [0.5, 0.6) is 0 Å². The van der Waals surface area contributed by atoms with E-state index in [2.05, 4.69) is 5.32 Å². The van der Waals surface area contributed by atoms with Crippen molar-refractivity contribution in [3.8, 4) is 0 Å². The van der Waals surface area contributed by atoms with Crippen LogP contribution in [0.3, 0.4) is 0 Å².